The number of hydrogen-bond donors (Lipinski definition) is 0. The number of halogens is 1. The summed E-state index contributed by atoms with van der Waals surface area (Å²) in [7, 11) is 0. The summed E-state index contributed by atoms with van der Waals surface area (Å²) in [6.45, 7) is 3.62. The summed E-state index contributed by atoms with van der Waals surface area (Å²) in [4.78, 5) is 34.7. The third-order valence-electron chi connectivity index (χ3n) is 2.67. The van der Waals surface area contributed by atoms with Gasteiger partial charge in [-0.25, -0.2) is 0 Å². The van der Waals surface area contributed by atoms with Crippen LogP contribution in [-0.4, -0.2) is 24.6 Å². The van der Waals surface area contributed by atoms with Crippen LogP contribution in [0.4, 0.5) is 0 Å². The minimum atomic E-state index is -1.06. The minimum Gasteiger partial charge on any atom is -0.465 e. The van der Waals surface area contributed by atoms with Crippen LogP contribution >= 0.6 is 15.9 Å². The Balaban J connectivity index is 3.05. The van der Waals surface area contributed by atoms with Crippen molar-refractivity contribution in [3.05, 3.63) is 33.8 Å². The maximum atomic E-state index is 12.3. The summed E-state index contributed by atoms with van der Waals surface area (Å²) in [5.74, 6) is -2.09. The lowest BCUT2D eigenvalue weighted by Crippen LogP contribution is -2.27. The molecule has 0 spiro atoms. The number of rotatable bonds is 6. The predicted molar refractivity (Wildman–Crippen MR) is 74.0 cm³/mol. The number of carbonyl (C=O) groups excluding carboxylic acids is 3. The maximum Gasteiger partial charge on any atom is 0.317 e. The van der Waals surface area contributed by atoms with Crippen LogP contribution in [0.3, 0.4) is 0 Å². The van der Waals surface area contributed by atoms with Crippen LogP contribution in [0.15, 0.2) is 22.7 Å². The van der Waals surface area contributed by atoms with Crippen molar-refractivity contribution in [1.82, 2.24) is 0 Å². The van der Waals surface area contributed by atoms with Gasteiger partial charge in [-0.15, -0.1) is 0 Å². The first-order valence-electron chi connectivity index (χ1n) is 5.91. The topological polar surface area (TPSA) is 60.4 Å². The zero-order chi connectivity index (χ0) is 14.4. The molecular formula is C14H15BrO4. The SMILES string of the molecule is CCOC(=O)C(CC=O)C(=O)c1ccc(Br)cc1C. The third kappa shape index (κ3) is 3.99. The Labute approximate surface area is 120 Å². The van der Waals surface area contributed by atoms with Crippen molar-refractivity contribution >= 4 is 34.0 Å². The molecule has 0 fully saturated rings. The van der Waals surface area contributed by atoms with E-state index in [-0.39, 0.29) is 18.8 Å². The van der Waals surface area contributed by atoms with E-state index in [4.69, 9.17) is 4.74 Å². The van der Waals surface area contributed by atoms with Gasteiger partial charge in [-0.1, -0.05) is 15.9 Å². The van der Waals surface area contributed by atoms with Gasteiger partial charge in [0, 0.05) is 16.5 Å². The van der Waals surface area contributed by atoms with Crippen LogP contribution in [0.1, 0.15) is 29.3 Å². The van der Waals surface area contributed by atoms with E-state index in [9.17, 15) is 14.4 Å². The standard InChI is InChI=1S/C14H15BrO4/c1-3-19-14(18)12(6-7-16)13(17)11-5-4-10(15)8-9(11)2/h4-5,7-8,12H,3,6H2,1-2H3. The number of benzene rings is 1. The van der Waals surface area contributed by atoms with Crippen LogP contribution in [0.2, 0.25) is 0 Å². The second-order valence-electron chi connectivity index (χ2n) is 4.03. The fraction of sp³-hybridized carbons (Fsp3) is 0.357. The van der Waals surface area contributed by atoms with E-state index in [1.807, 2.05) is 0 Å². The van der Waals surface area contributed by atoms with Crippen LogP contribution in [0.5, 0.6) is 0 Å². The molecule has 0 aliphatic heterocycles. The summed E-state index contributed by atoms with van der Waals surface area (Å²) in [5.41, 5.74) is 1.18. The summed E-state index contributed by atoms with van der Waals surface area (Å²) >= 11 is 3.31. The lowest BCUT2D eigenvalue weighted by Gasteiger charge is -2.13. The average molecular weight is 327 g/mol. The summed E-state index contributed by atoms with van der Waals surface area (Å²) in [6.07, 6.45) is 0.404. The maximum absolute atomic E-state index is 12.3. The summed E-state index contributed by atoms with van der Waals surface area (Å²) in [6, 6.07) is 5.15. The van der Waals surface area contributed by atoms with Crippen molar-refractivity contribution in [3.63, 3.8) is 0 Å². The molecule has 1 unspecified atom stereocenters. The van der Waals surface area contributed by atoms with Gasteiger partial charge in [-0.2, -0.15) is 0 Å². The number of Topliss-reactive ketones (excluding diaryl/α,β-unsaturated/α-hetero) is 1. The number of aldehydes is 1. The average Bonchev–Trinajstić information content (AvgIpc) is 2.35. The Morgan fingerprint density at radius 2 is 2.11 bits per heavy atom. The molecule has 1 rings (SSSR count). The third-order valence-corrected chi connectivity index (χ3v) is 3.17. The highest BCUT2D eigenvalue weighted by Crippen LogP contribution is 2.20. The number of hydrogen-bond acceptors (Lipinski definition) is 4. The van der Waals surface area contributed by atoms with E-state index in [0.717, 1.165) is 10.0 Å². The zero-order valence-corrected chi connectivity index (χ0v) is 12.4. The van der Waals surface area contributed by atoms with Crippen molar-refractivity contribution in [3.8, 4) is 0 Å². The van der Waals surface area contributed by atoms with E-state index in [2.05, 4.69) is 15.9 Å². The van der Waals surface area contributed by atoms with Gasteiger partial charge in [0.15, 0.2) is 5.78 Å². The molecule has 102 valence electrons. The Morgan fingerprint density at radius 3 is 2.63 bits per heavy atom. The minimum absolute atomic E-state index is 0.160. The van der Waals surface area contributed by atoms with Crippen LogP contribution in [0.25, 0.3) is 0 Å². The molecule has 0 aromatic heterocycles. The molecule has 0 amide bonds. The summed E-state index contributed by atoms with van der Waals surface area (Å²) < 4.78 is 5.69. The van der Waals surface area contributed by atoms with Gasteiger partial charge in [0.25, 0.3) is 0 Å². The number of esters is 1. The number of carbonyl (C=O) groups is 3. The van der Waals surface area contributed by atoms with Gasteiger partial charge in [0.05, 0.1) is 6.61 Å². The van der Waals surface area contributed by atoms with E-state index >= 15 is 0 Å². The van der Waals surface area contributed by atoms with Gasteiger partial charge in [-0.3, -0.25) is 9.59 Å². The Kier molecular flexibility index (Phi) is 5.89. The lowest BCUT2D eigenvalue weighted by atomic mass is 9.92. The molecule has 1 aromatic rings. The molecule has 0 heterocycles. The lowest BCUT2D eigenvalue weighted by molar-refractivity contribution is -0.147. The van der Waals surface area contributed by atoms with Crippen LogP contribution < -0.4 is 0 Å². The van der Waals surface area contributed by atoms with E-state index in [0.29, 0.717) is 11.8 Å². The van der Waals surface area contributed by atoms with Crippen LogP contribution in [0, 0.1) is 12.8 Å². The highest BCUT2D eigenvalue weighted by molar-refractivity contribution is 9.10. The molecule has 1 aromatic carbocycles. The Bertz CT molecular complexity index is 496. The highest BCUT2D eigenvalue weighted by Gasteiger charge is 2.29. The fourth-order valence-corrected chi connectivity index (χ4v) is 2.22. The number of ether oxygens (including phenoxy) is 1. The molecule has 1 atom stereocenters. The monoisotopic (exact) mass is 326 g/mol. The Morgan fingerprint density at radius 1 is 1.42 bits per heavy atom. The number of ketones is 1. The second-order valence-corrected chi connectivity index (χ2v) is 4.95. The molecule has 0 saturated carbocycles. The first-order chi connectivity index (χ1) is 9.01. The smallest absolute Gasteiger partial charge is 0.317 e. The van der Waals surface area contributed by atoms with Gasteiger partial charge in [0.1, 0.15) is 12.2 Å². The Hall–Kier alpha value is -1.49. The molecule has 0 aliphatic carbocycles. The van der Waals surface area contributed by atoms with Gasteiger partial charge >= 0.3 is 5.97 Å². The molecule has 0 N–H and O–H groups in total. The highest BCUT2D eigenvalue weighted by atomic mass is 79.9. The van der Waals surface area contributed by atoms with Crippen molar-refractivity contribution < 1.29 is 19.1 Å². The molecule has 5 heteroatoms. The fourth-order valence-electron chi connectivity index (χ4n) is 1.74. The van der Waals surface area contributed by atoms with Crippen molar-refractivity contribution in [2.24, 2.45) is 5.92 Å². The molecule has 4 nitrogen and oxygen atoms in total. The van der Waals surface area contributed by atoms with Crippen molar-refractivity contribution in [2.75, 3.05) is 6.61 Å². The van der Waals surface area contributed by atoms with E-state index < -0.39 is 11.9 Å². The number of aryl methyl sites for hydroxylation is 1. The van der Waals surface area contributed by atoms with Crippen LogP contribution in [-0.2, 0) is 14.3 Å². The molecule has 0 bridgehead atoms. The normalized spacial score (nSPS) is 11.7. The largest absolute Gasteiger partial charge is 0.465 e. The molecule has 0 radical (unpaired) electrons. The first kappa shape index (κ1) is 15.6. The van der Waals surface area contributed by atoms with Crippen molar-refractivity contribution in [1.29, 1.82) is 0 Å². The van der Waals surface area contributed by atoms with E-state index in [1.54, 1.807) is 32.0 Å². The van der Waals surface area contributed by atoms with Crippen molar-refractivity contribution in [2.45, 2.75) is 20.3 Å². The molecular weight excluding hydrogens is 312 g/mol. The second kappa shape index (κ2) is 7.19. The summed E-state index contributed by atoms with van der Waals surface area (Å²) in [5, 5.41) is 0. The van der Waals surface area contributed by atoms with E-state index in [1.165, 1.54) is 0 Å². The molecule has 0 saturated heterocycles. The molecule has 0 aliphatic rings. The van der Waals surface area contributed by atoms with Gasteiger partial charge in [-0.05, 0) is 37.6 Å². The zero-order valence-electron chi connectivity index (χ0n) is 10.8. The predicted octanol–water partition coefficient (Wildman–Crippen LogP) is 2.71. The van der Waals surface area contributed by atoms with Gasteiger partial charge < -0.3 is 9.53 Å². The van der Waals surface area contributed by atoms with Gasteiger partial charge in [0.2, 0.25) is 0 Å². The quantitative estimate of drug-likeness (QED) is 0.349. The first-order valence-corrected chi connectivity index (χ1v) is 6.71. The molecule has 19 heavy (non-hydrogen) atoms.